The van der Waals surface area contributed by atoms with Crippen LogP contribution < -0.4 is 0 Å². The minimum Gasteiger partial charge on any atom is -0.479 e. The van der Waals surface area contributed by atoms with Crippen molar-refractivity contribution in [2.45, 2.75) is 13.0 Å². The van der Waals surface area contributed by atoms with Crippen molar-refractivity contribution < 1.29 is 15.0 Å². The molecule has 0 aliphatic carbocycles. The van der Waals surface area contributed by atoms with Gasteiger partial charge in [0, 0.05) is 0 Å². The highest BCUT2D eigenvalue weighted by atomic mass is 32.1. The highest BCUT2D eigenvalue weighted by Gasteiger charge is 2.01. The van der Waals surface area contributed by atoms with Crippen molar-refractivity contribution in [3.05, 3.63) is 17.3 Å². The molecule has 0 aliphatic heterocycles. The topological polar surface area (TPSA) is 115 Å². The normalized spacial score (nSPS) is 11.6. The molecular weight excluding hydrogens is 232 g/mol. The molecule has 16 heavy (non-hydrogen) atoms. The molecule has 0 bridgehead atoms. The van der Waals surface area contributed by atoms with E-state index >= 15 is 0 Å². The maximum Gasteiger partial charge on any atom is 0.332 e. The largest absolute Gasteiger partial charge is 0.479 e. The van der Waals surface area contributed by atoms with Crippen LogP contribution in [0, 0.1) is 4.64 Å². The second-order valence-electron chi connectivity index (χ2n) is 2.85. The first kappa shape index (κ1) is 12.3. The fraction of sp³-hybridized carbons (Fsp3) is 0.250. The van der Waals surface area contributed by atoms with E-state index in [0.717, 1.165) is 11.2 Å². The Morgan fingerprint density at radius 3 is 2.50 bits per heavy atom. The summed E-state index contributed by atoms with van der Waals surface area (Å²) in [7, 11) is 0. The van der Waals surface area contributed by atoms with Crippen molar-refractivity contribution in [1.29, 1.82) is 0 Å². The summed E-state index contributed by atoms with van der Waals surface area (Å²) >= 11 is 4.91. The van der Waals surface area contributed by atoms with Crippen LogP contribution in [0.3, 0.4) is 0 Å². The maximum absolute atomic E-state index is 9.45. The van der Waals surface area contributed by atoms with Gasteiger partial charge < -0.3 is 20.2 Å². The van der Waals surface area contributed by atoms with Gasteiger partial charge in [-0.3, -0.25) is 0 Å². The third-order valence-corrected chi connectivity index (χ3v) is 1.90. The minimum atomic E-state index is -1.23. The molecule has 8 heteroatoms. The molecule has 0 spiro atoms. The van der Waals surface area contributed by atoms with Crippen LogP contribution in [0.2, 0.25) is 0 Å². The molecule has 2 aromatic rings. The van der Waals surface area contributed by atoms with Gasteiger partial charge in [0.1, 0.15) is 11.6 Å². The molecule has 7 nitrogen and oxygen atoms in total. The van der Waals surface area contributed by atoms with E-state index in [0.29, 0.717) is 4.64 Å². The van der Waals surface area contributed by atoms with Gasteiger partial charge in [0.25, 0.3) is 0 Å². The van der Waals surface area contributed by atoms with E-state index in [9.17, 15) is 4.79 Å². The monoisotopic (exact) mass is 242 g/mol. The second-order valence-corrected chi connectivity index (χ2v) is 3.23. The van der Waals surface area contributed by atoms with Gasteiger partial charge in [-0.05, 0) is 6.92 Å². The third-order valence-electron chi connectivity index (χ3n) is 1.59. The summed E-state index contributed by atoms with van der Waals surface area (Å²) in [6.45, 7) is 1.20. The van der Waals surface area contributed by atoms with Crippen molar-refractivity contribution in [3.8, 4) is 0 Å². The molecule has 0 aliphatic rings. The van der Waals surface area contributed by atoms with Crippen LogP contribution in [0.25, 0.3) is 11.2 Å². The molecular formula is C8H10N4O3S. The van der Waals surface area contributed by atoms with E-state index in [1.165, 1.54) is 13.3 Å². The Labute approximate surface area is 95.2 Å². The van der Waals surface area contributed by atoms with Gasteiger partial charge in [-0.15, -0.1) is 0 Å². The SMILES string of the molecule is CC(O)C(=O)O.S=c1nc[nH]c2nc[nH]c12. The molecule has 2 aromatic heterocycles. The zero-order valence-corrected chi connectivity index (χ0v) is 9.15. The van der Waals surface area contributed by atoms with Gasteiger partial charge in [-0.2, -0.15) is 0 Å². The van der Waals surface area contributed by atoms with Crippen LogP contribution in [-0.4, -0.2) is 42.2 Å². The Bertz CT molecular complexity index is 533. The Kier molecular flexibility index (Phi) is 4.09. The summed E-state index contributed by atoms with van der Waals surface area (Å²) in [6, 6.07) is 0. The predicted molar refractivity (Wildman–Crippen MR) is 58.4 cm³/mol. The number of hydrogen-bond donors (Lipinski definition) is 4. The number of carbonyl (C=O) groups is 1. The molecule has 0 saturated carbocycles. The van der Waals surface area contributed by atoms with Crippen molar-refractivity contribution in [1.82, 2.24) is 19.9 Å². The summed E-state index contributed by atoms with van der Waals surface area (Å²) in [4.78, 5) is 23.0. The molecule has 0 saturated heterocycles. The van der Waals surface area contributed by atoms with E-state index in [4.69, 9.17) is 22.4 Å². The first-order valence-electron chi connectivity index (χ1n) is 4.30. The number of H-pyrrole nitrogens is 2. The molecule has 4 N–H and O–H groups in total. The lowest BCUT2D eigenvalue weighted by molar-refractivity contribution is -0.145. The highest BCUT2D eigenvalue weighted by Crippen LogP contribution is 2.02. The number of aliphatic hydroxyl groups is 1. The van der Waals surface area contributed by atoms with Crippen molar-refractivity contribution >= 4 is 29.4 Å². The third kappa shape index (κ3) is 3.11. The van der Waals surface area contributed by atoms with Crippen LogP contribution in [-0.2, 0) is 4.79 Å². The quantitative estimate of drug-likeness (QED) is 0.540. The minimum absolute atomic E-state index is 0.547. The highest BCUT2D eigenvalue weighted by molar-refractivity contribution is 7.71. The lowest BCUT2D eigenvalue weighted by Crippen LogP contribution is -2.13. The van der Waals surface area contributed by atoms with E-state index in [2.05, 4.69) is 19.9 Å². The Morgan fingerprint density at radius 1 is 1.44 bits per heavy atom. The van der Waals surface area contributed by atoms with Gasteiger partial charge in [0.05, 0.1) is 12.7 Å². The van der Waals surface area contributed by atoms with Crippen LogP contribution >= 0.6 is 12.2 Å². The first-order valence-corrected chi connectivity index (χ1v) is 4.71. The molecule has 86 valence electrons. The average Bonchev–Trinajstić information content (AvgIpc) is 2.68. The van der Waals surface area contributed by atoms with Gasteiger partial charge >= 0.3 is 5.97 Å². The number of nitrogens with zero attached hydrogens (tertiary/aromatic N) is 2. The Morgan fingerprint density at radius 2 is 2.00 bits per heavy atom. The molecule has 2 rings (SSSR count). The lowest BCUT2D eigenvalue weighted by Gasteiger charge is -1.89. The Hall–Kier alpha value is -1.80. The van der Waals surface area contributed by atoms with E-state index in [1.807, 2.05) is 0 Å². The predicted octanol–water partition coefficient (Wildman–Crippen LogP) is 0.467. The van der Waals surface area contributed by atoms with Crippen LogP contribution in [0.4, 0.5) is 0 Å². The Balaban J connectivity index is 0.000000187. The summed E-state index contributed by atoms with van der Waals surface area (Å²) < 4.78 is 0.547. The number of hydrogen-bond acceptors (Lipinski definition) is 5. The summed E-state index contributed by atoms with van der Waals surface area (Å²) in [6.07, 6.45) is 1.88. The van der Waals surface area contributed by atoms with Crippen LogP contribution in [0.5, 0.6) is 0 Å². The zero-order valence-electron chi connectivity index (χ0n) is 8.34. The molecule has 1 atom stereocenters. The summed E-state index contributed by atoms with van der Waals surface area (Å²) in [5, 5.41) is 15.8. The van der Waals surface area contributed by atoms with E-state index in [1.54, 1.807) is 6.33 Å². The van der Waals surface area contributed by atoms with Gasteiger partial charge in [0.2, 0.25) is 0 Å². The van der Waals surface area contributed by atoms with Crippen LogP contribution in [0.1, 0.15) is 6.92 Å². The molecule has 1 unspecified atom stereocenters. The van der Waals surface area contributed by atoms with Crippen LogP contribution in [0.15, 0.2) is 12.7 Å². The molecule has 0 fully saturated rings. The fourth-order valence-corrected chi connectivity index (χ4v) is 0.992. The first-order chi connectivity index (χ1) is 7.52. The van der Waals surface area contributed by atoms with Gasteiger partial charge in [-0.1, -0.05) is 12.2 Å². The fourth-order valence-electron chi connectivity index (χ4n) is 0.783. The number of aliphatic carboxylic acids is 1. The number of aliphatic hydroxyl groups excluding tert-OH is 1. The van der Waals surface area contributed by atoms with Crippen molar-refractivity contribution in [3.63, 3.8) is 0 Å². The number of nitrogens with one attached hydrogen (secondary N) is 2. The number of rotatable bonds is 1. The van der Waals surface area contributed by atoms with E-state index < -0.39 is 12.1 Å². The molecule has 0 amide bonds. The average molecular weight is 242 g/mol. The zero-order chi connectivity index (χ0) is 12.1. The number of fused-ring (bicyclic) bond motifs is 1. The molecule has 2 heterocycles. The van der Waals surface area contributed by atoms with Gasteiger partial charge in [0.15, 0.2) is 10.3 Å². The number of carboxylic acid groups (broad SMARTS) is 1. The maximum atomic E-state index is 9.45. The van der Waals surface area contributed by atoms with Crippen molar-refractivity contribution in [2.75, 3.05) is 0 Å². The molecule has 0 aromatic carbocycles. The summed E-state index contributed by atoms with van der Waals surface area (Å²) in [5.41, 5.74) is 1.54. The smallest absolute Gasteiger partial charge is 0.332 e. The number of carboxylic acids is 1. The standard InChI is InChI=1S/C5H4N4S.C3H6O3/c10-5-3-4(7-1-6-3)8-2-9-5;1-2(4)3(5)6/h1-2H,(H2,6,7,8,9,10);2,4H,1H3,(H,5,6). The van der Waals surface area contributed by atoms with Gasteiger partial charge in [-0.25, -0.2) is 14.8 Å². The van der Waals surface area contributed by atoms with E-state index in [-0.39, 0.29) is 0 Å². The van der Waals surface area contributed by atoms with Crippen molar-refractivity contribution in [2.24, 2.45) is 0 Å². The number of imidazole rings is 1. The lowest BCUT2D eigenvalue weighted by atomic mass is 10.4. The second kappa shape index (κ2) is 5.33. The summed E-state index contributed by atoms with van der Waals surface area (Å²) in [5.74, 6) is -1.19. The molecule has 0 radical (unpaired) electrons. The number of aromatic amines is 2. The number of aromatic nitrogens is 4.